The fourth-order valence-corrected chi connectivity index (χ4v) is 3.12. The van der Waals surface area contributed by atoms with Gasteiger partial charge in [0.25, 0.3) is 0 Å². The molecule has 0 aromatic heterocycles. The molecular weight excluding hydrogens is 341 g/mol. The number of carbonyl (C=O) groups is 2. The molecule has 1 amide bonds. The van der Waals surface area contributed by atoms with Crippen LogP contribution >= 0.6 is 15.9 Å². The highest BCUT2D eigenvalue weighted by Crippen LogP contribution is 2.39. The van der Waals surface area contributed by atoms with Gasteiger partial charge in [0, 0.05) is 10.9 Å². The number of benzene rings is 1. The molecule has 0 heterocycles. The third kappa shape index (κ3) is 3.81. The molecule has 1 fully saturated rings. The van der Waals surface area contributed by atoms with E-state index < -0.39 is 23.1 Å². The molecule has 114 valence electrons. The highest BCUT2D eigenvalue weighted by molar-refractivity contribution is 9.10. The summed E-state index contributed by atoms with van der Waals surface area (Å²) in [4.78, 5) is 23.6. The lowest BCUT2D eigenvalue weighted by molar-refractivity contribution is -0.153. The standard InChI is InChI=1S/C15H17BrFNO3/c16-10-4-5-12(11(17)8-10)18-13(19)9-15(14(20)21)6-2-1-3-7-15/h4-5,8H,1-3,6-7,9H2,(H,18,19)(H,20,21). The molecule has 2 rings (SSSR count). The third-order valence-corrected chi connectivity index (χ3v) is 4.46. The molecule has 21 heavy (non-hydrogen) atoms. The topological polar surface area (TPSA) is 66.4 Å². The third-order valence-electron chi connectivity index (χ3n) is 3.97. The van der Waals surface area contributed by atoms with E-state index in [0.29, 0.717) is 17.3 Å². The molecule has 1 saturated carbocycles. The van der Waals surface area contributed by atoms with E-state index in [2.05, 4.69) is 21.2 Å². The van der Waals surface area contributed by atoms with Crippen LogP contribution in [0.25, 0.3) is 0 Å². The predicted octanol–water partition coefficient (Wildman–Crippen LogP) is 3.95. The van der Waals surface area contributed by atoms with E-state index in [1.54, 1.807) is 6.07 Å². The van der Waals surface area contributed by atoms with E-state index >= 15 is 0 Å². The van der Waals surface area contributed by atoms with Gasteiger partial charge in [0.15, 0.2) is 0 Å². The monoisotopic (exact) mass is 357 g/mol. The summed E-state index contributed by atoms with van der Waals surface area (Å²) in [7, 11) is 0. The molecule has 0 spiro atoms. The molecular formula is C15H17BrFNO3. The molecule has 0 saturated heterocycles. The average molecular weight is 358 g/mol. The van der Waals surface area contributed by atoms with Crippen LogP contribution < -0.4 is 5.32 Å². The lowest BCUT2D eigenvalue weighted by atomic mass is 9.71. The van der Waals surface area contributed by atoms with Crippen molar-refractivity contribution in [2.75, 3.05) is 5.32 Å². The minimum Gasteiger partial charge on any atom is -0.481 e. The van der Waals surface area contributed by atoms with E-state index in [0.717, 1.165) is 19.3 Å². The average Bonchev–Trinajstić information content (AvgIpc) is 2.43. The zero-order valence-electron chi connectivity index (χ0n) is 11.5. The molecule has 0 aliphatic heterocycles. The Morgan fingerprint density at radius 2 is 1.95 bits per heavy atom. The van der Waals surface area contributed by atoms with Gasteiger partial charge in [-0.2, -0.15) is 0 Å². The normalized spacial score (nSPS) is 17.2. The molecule has 1 aliphatic carbocycles. The molecule has 4 nitrogen and oxygen atoms in total. The van der Waals surface area contributed by atoms with Crippen LogP contribution in [0.2, 0.25) is 0 Å². The Morgan fingerprint density at radius 3 is 2.52 bits per heavy atom. The number of hydrogen-bond donors (Lipinski definition) is 2. The van der Waals surface area contributed by atoms with Crippen LogP contribution in [0.3, 0.4) is 0 Å². The van der Waals surface area contributed by atoms with E-state index in [-0.39, 0.29) is 12.1 Å². The van der Waals surface area contributed by atoms with Gasteiger partial charge in [-0.15, -0.1) is 0 Å². The predicted molar refractivity (Wildman–Crippen MR) is 80.5 cm³/mol. The first-order valence-electron chi connectivity index (χ1n) is 6.91. The van der Waals surface area contributed by atoms with Crippen molar-refractivity contribution in [3.05, 3.63) is 28.5 Å². The summed E-state index contributed by atoms with van der Waals surface area (Å²) in [5, 5.41) is 11.9. The smallest absolute Gasteiger partial charge is 0.310 e. The van der Waals surface area contributed by atoms with Gasteiger partial charge in [0.2, 0.25) is 5.91 Å². The van der Waals surface area contributed by atoms with Gasteiger partial charge in [-0.25, -0.2) is 4.39 Å². The van der Waals surface area contributed by atoms with Gasteiger partial charge in [0.1, 0.15) is 5.82 Å². The van der Waals surface area contributed by atoms with Crippen LogP contribution in [0.15, 0.2) is 22.7 Å². The molecule has 0 radical (unpaired) electrons. The van der Waals surface area contributed by atoms with Gasteiger partial charge in [-0.05, 0) is 31.0 Å². The second-order valence-corrected chi connectivity index (χ2v) is 6.41. The molecule has 2 N–H and O–H groups in total. The first-order valence-corrected chi connectivity index (χ1v) is 7.71. The SMILES string of the molecule is O=C(CC1(C(=O)O)CCCCC1)Nc1ccc(Br)cc1F. The van der Waals surface area contributed by atoms with Gasteiger partial charge in [-0.1, -0.05) is 35.2 Å². The van der Waals surface area contributed by atoms with Gasteiger partial charge < -0.3 is 10.4 Å². The minimum absolute atomic E-state index is 0.0690. The highest BCUT2D eigenvalue weighted by atomic mass is 79.9. The fourth-order valence-electron chi connectivity index (χ4n) is 2.79. The number of amides is 1. The summed E-state index contributed by atoms with van der Waals surface area (Å²) in [6, 6.07) is 4.32. The summed E-state index contributed by atoms with van der Waals surface area (Å²) in [6.07, 6.45) is 3.51. The fraction of sp³-hybridized carbons (Fsp3) is 0.467. The van der Waals surface area contributed by atoms with Crippen LogP contribution in [-0.2, 0) is 9.59 Å². The Hall–Kier alpha value is -1.43. The Balaban J connectivity index is 2.07. The molecule has 0 atom stereocenters. The zero-order valence-corrected chi connectivity index (χ0v) is 13.1. The van der Waals surface area contributed by atoms with Crippen molar-refractivity contribution in [3.63, 3.8) is 0 Å². The Labute approximate surface area is 130 Å². The molecule has 6 heteroatoms. The van der Waals surface area contributed by atoms with Crippen molar-refractivity contribution in [1.29, 1.82) is 0 Å². The quantitative estimate of drug-likeness (QED) is 0.857. The maximum atomic E-state index is 13.7. The number of nitrogens with one attached hydrogen (secondary N) is 1. The lowest BCUT2D eigenvalue weighted by Crippen LogP contribution is -2.37. The summed E-state index contributed by atoms with van der Waals surface area (Å²) >= 11 is 3.14. The molecule has 1 aliphatic rings. The number of carbonyl (C=O) groups excluding carboxylic acids is 1. The van der Waals surface area contributed by atoms with E-state index in [9.17, 15) is 19.1 Å². The summed E-state index contributed by atoms with van der Waals surface area (Å²) in [5.41, 5.74) is -0.937. The number of halogens is 2. The number of rotatable bonds is 4. The summed E-state index contributed by atoms with van der Waals surface area (Å²) < 4.78 is 14.3. The number of anilines is 1. The number of hydrogen-bond acceptors (Lipinski definition) is 2. The Kier molecular flexibility index (Phi) is 4.98. The number of aliphatic carboxylic acids is 1. The largest absolute Gasteiger partial charge is 0.481 e. The van der Waals surface area contributed by atoms with Crippen molar-refractivity contribution in [1.82, 2.24) is 0 Å². The van der Waals surface area contributed by atoms with Gasteiger partial charge in [-0.3, -0.25) is 9.59 Å². The first-order chi connectivity index (χ1) is 9.93. The van der Waals surface area contributed by atoms with Crippen LogP contribution in [0.4, 0.5) is 10.1 Å². The summed E-state index contributed by atoms with van der Waals surface area (Å²) in [6.45, 7) is 0. The zero-order chi connectivity index (χ0) is 15.5. The summed E-state index contributed by atoms with van der Waals surface area (Å²) in [5.74, 6) is -1.94. The van der Waals surface area contributed by atoms with Crippen molar-refractivity contribution in [2.45, 2.75) is 38.5 Å². The van der Waals surface area contributed by atoms with Crippen LogP contribution in [0, 0.1) is 11.2 Å². The lowest BCUT2D eigenvalue weighted by Gasteiger charge is -2.32. The van der Waals surface area contributed by atoms with Crippen LogP contribution in [-0.4, -0.2) is 17.0 Å². The van der Waals surface area contributed by atoms with E-state index in [4.69, 9.17) is 0 Å². The first kappa shape index (κ1) is 15.9. The second-order valence-electron chi connectivity index (χ2n) is 5.50. The second kappa shape index (κ2) is 6.56. The Morgan fingerprint density at radius 1 is 1.29 bits per heavy atom. The maximum absolute atomic E-state index is 13.7. The molecule has 0 unspecified atom stereocenters. The van der Waals surface area contributed by atoms with Gasteiger partial charge in [0.05, 0.1) is 11.1 Å². The van der Waals surface area contributed by atoms with Crippen molar-refractivity contribution >= 4 is 33.5 Å². The maximum Gasteiger partial charge on any atom is 0.310 e. The van der Waals surface area contributed by atoms with Crippen LogP contribution in [0.5, 0.6) is 0 Å². The van der Waals surface area contributed by atoms with Crippen LogP contribution in [0.1, 0.15) is 38.5 Å². The van der Waals surface area contributed by atoms with Crippen molar-refractivity contribution in [2.24, 2.45) is 5.41 Å². The Bertz CT molecular complexity index is 556. The van der Waals surface area contributed by atoms with E-state index in [1.807, 2.05) is 0 Å². The van der Waals surface area contributed by atoms with Crippen molar-refractivity contribution < 1.29 is 19.1 Å². The number of carboxylic acid groups (broad SMARTS) is 1. The van der Waals surface area contributed by atoms with Gasteiger partial charge >= 0.3 is 5.97 Å². The minimum atomic E-state index is -1.01. The van der Waals surface area contributed by atoms with Crippen molar-refractivity contribution in [3.8, 4) is 0 Å². The molecule has 1 aromatic rings. The highest BCUT2D eigenvalue weighted by Gasteiger charge is 2.41. The number of carboxylic acids is 1. The molecule has 0 bridgehead atoms. The van der Waals surface area contributed by atoms with E-state index in [1.165, 1.54) is 12.1 Å². The molecule has 1 aromatic carbocycles.